The zero-order chi connectivity index (χ0) is 19.3. The van der Waals surface area contributed by atoms with Crippen LogP contribution < -0.4 is 10.0 Å². The molecule has 8 heteroatoms. The number of rotatable bonds is 7. The molecule has 140 valence electrons. The van der Waals surface area contributed by atoms with Crippen LogP contribution in [0.3, 0.4) is 0 Å². The number of amides is 1. The molecule has 0 spiro atoms. The van der Waals surface area contributed by atoms with E-state index in [9.17, 15) is 22.0 Å². The van der Waals surface area contributed by atoms with Gasteiger partial charge in [0, 0.05) is 24.7 Å². The second kappa shape index (κ2) is 8.37. The summed E-state index contributed by atoms with van der Waals surface area (Å²) in [6.07, 6.45) is 0.333. The third kappa shape index (κ3) is 5.34. The predicted molar refractivity (Wildman–Crippen MR) is 95.3 cm³/mol. The maximum absolute atomic E-state index is 13.6. The molecule has 26 heavy (non-hydrogen) atoms. The number of halogens is 2. The maximum atomic E-state index is 13.6. The molecule has 0 saturated heterocycles. The fourth-order valence-corrected chi connectivity index (χ4v) is 3.40. The second-order valence-electron chi connectivity index (χ2n) is 5.92. The van der Waals surface area contributed by atoms with Crippen LogP contribution in [0.25, 0.3) is 0 Å². The molecule has 2 aromatic rings. The topological polar surface area (TPSA) is 75.3 Å². The fourth-order valence-electron chi connectivity index (χ4n) is 2.27. The molecule has 0 bridgehead atoms. The highest BCUT2D eigenvalue weighted by molar-refractivity contribution is 7.89. The lowest BCUT2D eigenvalue weighted by Gasteiger charge is -2.09. The van der Waals surface area contributed by atoms with Crippen molar-refractivity contribution in [1.82, 2.24) is 4.72 Å². The van der Waals surface area contributed by atoms with Gasteiger partial charge in [0.15, 0.2) is 0 Å². The molecule has 0 fully saturated rings. The van der Waals surface area contributed by atoms with Crippen LogP contribution in [-0.4, -0.2) is 20.9 Å². The van der Waals surface area contributed by atoms with Crippen LogP contribution in [0, 0.1) is 25.5 Å². The van der Waals surface area contributed by atoms with Crippen molar-refractivity contribution in [3.05, 3.63) is 59.2 Å². The van der Waals surface area contributed by atoms with Crippen LogP contribution in [0.2, 0.25) is 0 Å². The average molecular weight is 382 g/mol. The Balaban J connectivity index is 1.83. The Morgan fingerprint density at radius 3 is 2.42 bits per heavy atom. The highest BCUT2D eigenvalue weighted by Crippen LogP contribution is 2.16. The van der Waals surface area contributed by atoms with E-state index in [-0.39, 0.29) is 25.3 Å². The SMILES string of the molecule is Cc1ccc(NC(=O)CCCNS(=O)(=O)c2ccc(F)cc2F)cc1C. The molecule has 0 heterocycles. The van der Waals surface area contributed by atoms with E-state index in [4.69, 9.17) is 0 Å². The first-order chi connectivity index (χ1) is 12.2. The number of aryl methyl sites for hydroxylation is 2. The van der Waals surface area contributed by atoms with Crippen molar-refractivity contribution in [1.29, 1.82) is 0 Å². The van der Waals surface area contributed by atoms with Crippen LogP contribution in [-0.2, 0) is 14.8 Å². The molecule has 0 aliphatic rings. The van der Waals surface area contributed by atoms with Crippen molar-refractivity contribution >= 4 is 21.6 Å². The van der Waals surface area contributed by atoms with Crippen LogP contribution >= 0.6 is 0 Å². The van der Waals surface area contributed by atoms with Crippen LogP contribution in [0.1, 0.15) is 24.0 Å². The zero-order valence-corrected chi connectivity index (χ0v) is 15.3. The van der Waals surface area contributed by atoms with Crippen molar-refractivity contribution in [3.8, 4) is 0 Å². The van der Waals surface area contributed by atoms with Crippen LogP contribution in [0.4, 0.5) is 14.5 Å². The van der Waals surface area contributed by atoms with Crippen LogP contribution in [0.5, 0.6) is 0 Å². The summed E-state index contributed by atoms with van der Waals surface area (Å²) in [4.78, 5) is 11.3. The molecule has 0 atom stereocenters. The van der Waals surface area contributed by atoms with Gasteiger partial charge < -0.3 is 5.32 Å². The van der Waals surface area contributed by atoms with Gasteiger partial charge in [0.05, 0.1) is 0 Å². The normalized spacial score (nSPS) is 11.4. The van der Waals surface area contributed by atoms with Crippen molar-refractivity contribution < 1.29 is 22.0 Å². The van der Waals surface area contributed by atoms with Gasteiger partial charge in [-0.25, -0.2) is 21.9 Å². The predicted octanol–water partition coefficient (Wildman–Crippen LogP) is 3.28. The summed E-state index contributed by atoms with van der Waals surface area (Å²) in [7, 11) is -4.10. The Kier molecular flexibility index (Phi) is 6.44. The number of sulfonamides is 1. The third-order valence-electron chi connectivity index (χ3n) is 3.85. The molecule has 0 aliphatic heterocycles. The molecule has 0 aromatic heterocycles. The van der Waals surface area contributed by atoms with Gasteiger partial charge in [-0.05, 0) is 55.7 Å². The van der Waals surface area contributed by atoms with Gasteiger partial charge in [-0.2, -0.15) is 0 Å². The maximum Gasteiger partial charge on any atom is 0.243 e. The summed E-state index contributed by atoms with van der Waals surface area (Å²) in [6.45, 7) is 3.87. The Labute approximate surface area is 151 Å². The quantitative estimate of drug-likeness (QED) is 0.722. The van der Waals surface area contributed by atoms with E-state index >= 15 is 0 Å². The van der Waals surface area contributed by atoms with Crippen molar-refractivity contribution in [3.63, 3.8) is 0 Å². The Morgan fingerprint density at radius 2 is 1.77 bits per heavy atom. The van der Waals surface area contributed by atoms with E-state index < -0.39 is 26.6 Å². The van der Waals surface area contributed by atoms with Gasteiger partial charge in [0.25, 0.3) is 0 Å². The smallest absolute Gasteiger partial charge is 0.243 e. The van der Waals surface area contributed by atoms with Crippen molar-refractivity contribution in [2.75, 3.05) is 11.9 Å². The van der Waals surface area contributed by atoms with Crippen molar-refractivity contribution in [2.45, 2.75) is 31.6 Å². The first-order valence-corrected chi connectivity index (χ1v) is 9.49. The molecule has 2 rings (SSSR count). The lowest BCUT2D eigenvalue weighted by Crippen LogP contribution is -2.26. The van der Waals surface area contributed by atoms with Gasteiger partial charge in [-0.3, -0.25) is 4.79 Å². The summed E-state index contributed by atoms with van der Waals surface area (Å²) in [5, 5.41) is 2.74. The van der Waals surface area contributed by atoms with Gasteiger partial charge in [-0.1, -0.05) is 6.07 Å². The van der Waals surface area contributed by atoms with E-state index in [1.165, 1.54) is 0 Å². The molecular weight excluding hydrogens is 362 g/mol. The Bertz CT molecular complexity index is 915. The number of benzene rings is 2. The monoisotopic (exact) mass is 382 g/mol. The van der Waals surface area contributed by atoms with Crippen LogP contribution in [0.15, 0.2) is 41.3 Å². The molecule has 2 N–H and O–H groups in total. The summed E-state index contributed by atoms with van der Waals surface area (Å²) in [5.74, 6) is -2.27. The number of anilines is 1. The number of hydrogen-bond acceptors (Lipinski definition) is 3. The number of carbonyl (C=O) groups is 1. The van der Waals surface area contributed by atoms with E-state index in [2.05, 4.69) is 10.0 Å². The summed E-state index contributed by atoms with van der Waals surface area (Å²) in [6, 6.07) is 7.78. The van der Waals surface area contributed by atoms with E-state index in [1.807, 2.05) is 26.0 Å². The minimum absolute atomic E-state index is 0.0422. The molecule has 0 aliphatic carbocycles. The van der Waals surface area contributed by atoms with Gasteiger partial charge in [0.1, 0.15) is 16.5 Å². The second-order valence-corrected chi connectivity index (χ2v) is 7.66. The van der Waals surface area contributed by atoms with Gasteiger partial charge in [-0.15, -0.1) is 0 Å². The highest BCUT2D eigenvalue weighted by Gasteiger charge is 2.19. The standard InChI is InChI=1S/C18H20F2N2O3S/c1-12-5-7-15(10-13(12)2)22-18(23)4-3-9-21-26(24,25)17-8-6-14(19)11-16(17)20/h5-8,10-11,21H,3-4,9H2,1-2H3,(H,22,23). The Morgan fingerprint density at radius 1 is 1.04 bits per heavy atom. The van der Waals surface area contributed by atoms with E-state index in [0.29, 0.717) is 11.8 Å². The zero-order valence-electron chi connectivity index (χ0n) is 14.5. The van der Waals surface area contributed by atoms with E-state index in [0.717, 1.165) is 23.3 Å². The minimum Gasteiger partial charge on any atom is -0.326 e. The minimum atomic E-state index is -4.10. The summed E-state index contributed by atoms with van der Waals surface area (Å²) in [5.41, 5.74) is 2.84. The van der Waals surface area contributed by atoms with Crippen molar-refractivity contribution in [2.24, 2.45) is 0 Å². The number of carbonyl (C=O) groups excluding carboxylic acids is 1. The number of hydrogen-bond donors (Lipinski definition) is 2. The lowest BCUT2D eigenvalue weighted by molar-refractivity contribution is -0.116. The van der Waals surface area contributed by atoms with Gasteiger partial charge in [0.2, 0.25) is 15.9 Å². The molecule has 1 amide bonds. The fraction of sp³-hybridized carbons (Fsp3) is 0.278. The third-order valence-corrected chi connectivity index (χ3v) is 5.34. The summed E-state index contributed by atoms with van der Waals surface area (Å²) >= 11 is 0. The lowest BCUT2D eigenvalue weighted by atomic mass is 10.1. The molecule has 0 radical (unpaired) electrons. The molecule has 2 aromatic carbocycles. The van der Waals surface area contributed by atoms with Gasteiger partial charge >= 0.3 is 0 Å². The largest absolute Gasteiger partial charge is 0.326 e. The molecule has 0 saturated carbocycles. The summed E-state index contributed by atoms with van der Waals surface area (Å²) < 4.78 is 52.6. The average Bonchev–Trinajstić information content (AvgIpc) is 2.55. The first-order valence-electron chi connectivity index (χ1n) is 8.01. The number of nitrogens with one attached hydrogen (secondary N) is 2. The Hall–Kier alpha value is -2.32. The molecular formula is C18H20F2N2O3S. The van der Waals surface area contributed by atoms with E-state index in [1.54, 1.807) is 6.07 Å². The first kappa shape index (κ1) is 20.0. The molecule has 5 nitrogen and oxygen atoms in total. The highest BCUT2D eigenvalue weighted by atomic mass is 32.2. The molecule has 0 unspecified atom stereocenters.